The number of anilines is 1. The zero-order valence-corrected chi connectivity index (χ0v) is 13.5. The van der Waals surface area contributed by atoms with Crippen LogP contribution in [0.4, 0.5) is 5.95 Å². The van der Waals surface area contributed by atoms with Crippen molar-refractivity contribution in [2.24, 2.45) is 0 Å². The van der Waals surface area contributed by atoms with Gasteiger partial charge in [0.2, 0.25) is 5.95 Å². The summed E-state index contributed by atoms with van der Waals surface area (Å²) in [4.78, 5) is 11.5. The molecule has 0 spiro atoms. The van der Waals surface area contributed by atoms with Crippen LogP contribution < -0.4 is 11.1 Å². The summed E-state index contributed by atoms with van der Waals surface area (Å²) in [5.41, 5.74) is 11.9. The lowest BCUT2D eigenvalue weighted by Crippen LogP contribution is -2.12. The number of aromatic amines is 1. The third-order valence-corrected chi connectivity index (χ3v) is 3.90. The largest absolute Gasteiger partial charge is 0.385 e. The predicted octanol–water partition coefficient (Wildman–Crippen LogP) is 3.49. The second-order valence-corrected chi connectivity index (χ2v) is 5.63. The maximum absolute atomic E-state index is 5.63. The molecule has 0 aliphatic rings. The number of hydrogen-bond donors (Lipinski definition) is 3. The predicted molar refractivity (Wildman–Crippen MR) is 95.8 cm³/mol. The first-order chi connectivity index (χ1) is 11.1. The van der Waals surface area contributed by atoms with E-state index in [4.69, 9.17) is 5.73 Å². The van der Waals surface area contributed by atoms with E-state index in [0.29, 0.717) is 0 Å². The van der Waals surface area contributed by atoms with Crippen LogP contribution in [0.5, 0.6) is 0 Å². The number of nitrogens with zero attached hydrogens (tertiary/aromatic N) is 2. The van der Waals surface area contributed by atoms with Crippen LogP contribution in [0.15, 0.2) is 37.2 Å². The molecule has 2 aromatic heterocycles. The number of benzene rings is 1. The maximum atomic E-state index is 5.63. The van der Waals surface area contributed by atoms with Gasteiger partial charge in [0.05, 0.1) is 0 Å². The smallest absolute Gasteiger partial charge is 0.221 e. The summed E-state index contributed by atoms with van der Waals surface area (Å²) < 4.78 is 0. The molecule has 23 heavy (non-hydrogen) atoms. The summed E-state index contributed by atoms with van der Waals surface area (Å²) in [6.07, 6.45) is 4.78. The van der Waals surface area contributed by atoms with Gasteiger partial charge < -0.3 is 16.0 Å². The fourth-order valence-corrected chi connectivity index (χ4v) is 2.70. The highest BCUT2D eigenvalue weighted by atomic mass is 15.0. The highest BCUT2D eigenvalue weighted by molar-refractivity contribution is 5.93. The topological polar surface area (TPSA) is 79.6 Å². The summed E-state index contributed by atoms with van der Waals surface area (Å²) >= 11 is 0. The van der Waals surface area contributed by atoms with Gasteiger partial charge in [0.25, 0.3) is 0 Å². The zero-order valence-electron chi connectivity index (χ0n) is 13.5. The standard InChI is InChI=1S/C18H21N5/c1-4-7-20-12(3)14-6-5-13(8-11(14)2)15-9-21-17-16(15)10-22-18(19)23-17/h5-6,8-10,20H,3-4,7H2,1-2H3,(H3,19,21,22,23). The number of aryl methyl sites for hydroxylation is 1. The molecule has 0 fully saturated rings. The van der Waals surface area contributed by atoms with Gasteiger partial charge in [-0.2, -0.15) is 4.98 Å². The van der Waals surface area contributed by atoms with Crippen LogP contribution in [0, 0.1) is 6.92 Å². The lowest BCUT2D eigenvalue weighted by Gasteiger charge is -2.12. The maximum Gasteiger partial charge on any atom is 0.221 e. The summed E-state index contributed by atoms with van der Waals surface area (Å²) in [5, 5.41) is 4.31. The number of rotatable bonds is 5. The molecule has 3 rings (SSSR count). The van der Waals surface area contributed by atoms with E-state index in [2.05, 4.69) is 58.9 Å². The Kier molecular flexibility index (Phi) is 4.02. The van der Waals surface area contributed by atoms with Gasteiger partial charge in [0.15, 0.2) is 0 Å². The van der Waals surface area contributed by atoms with Crippen LogP contribution >= 0.6 is 0 Å². The average molecular weight is 307 g/mol. The van der Waals surface area contributed by atoms with E-state index in [-0.39, 0.29) is 5.95 Å². The molecule has 5 nitrogen and oxygen atoms in total. The minimum Gasteiger partial charge on any atom is -0.385 e. The quantitative estimate of drug-likeness (QED) is 0.674. The van der Waals surface area contributed by atoms with Crippen molar-refractivity contribution in [2.75, 3.05) is 12.3 Å². The SMILES string of the molecule is C=C(NCCC)c1ccc(-c2c[nH]c3nc(N)ncc23)cc1C. The Morgan fingerprint density at radius 3 is 2.96 bits per heavy atom. The molecular weight excluding hydrogens is 286 g/mol. The molecule has 0 saturated heterocycles. The summed E-state index contributed by atoms with van der Waals surface area (Å²) in [6, 6.07) is 6.36. The Hall–Kier alpha value is -2.82. The number of nitrogens with one attached hydrogen (secondary N) is 2. The van der Waals surface area contributed by atoms with Gasteiger partial charge >= 0.3 is 0 Å². The van der Waals surface area contributed by atoms with Crippen LogP contribution in [-0.4, -0.2) is 21.5 Å². The van der Waals surface area contributed by atoms with Crippen molar-refractivity contribution < 1.29 is 0 Å². The van der Waals surface area contributed by atoms with E-state index in [1.807, 2.05) is 6.20 Å². The number of nitrogen functional groups attached to an aromatic ring is 1. The molecule has 5 heteroatoms. The van der Waals surface area contributed by atoms with Gasteiger partial charge in [-0.3, -0.25) is 0 Å². The fraction of sp³-hybridized carbons (Fsp3) is 0.222. The summed E-state index contributed by atoms with van der Waals surface area (Å²) in [6.45, 7) is 9.30. The van der Waals surface area contributed by atoms with Crippen molar-refractivity contribution in [1.82, 2.24) is 20.3 Å². The molecule has 1 aromatic carbocycles. The molecule has 0 amide bonds. The Morgan fingerprint density at radius 2 is 2.22 bits per heavy atom. The molecule has 118 valence electrons. The molecule has 2 heterocycles. The van der Waals surface area contributed by atoms with Crippen molar-refractivity contribution in [3.05, 3.63) is 48.3 Å². The van der Waals surface area contributed by atoms with E-state index < -0.39 is 0 Å². The molecule has 0 atom stereocenters. The minimum atomic E-state index is 0.274. The normalized spacial score (nSPS) is 10.9. The number of H-pyrrole nitrogens is 1. The van der Waals surface area contributed by atoms with E-state index in [1.165, 1.54) is 5.56 Å². The van der Waals surface area contributed by atoms with Gasteiger partial charge in [-0.05, 0) is 30.0 Å². The van der Waals surface area contributed by atoms with E-state index in [0.717, 1.165) is 46.4 Å². The van der Waals surface area contributed by atoms with Crippen LogP contribution in [0.3, 0.4) is 0 Å². The zero-order chi connectivity index (χ0) is 16.4. The van der Waals surface area contributed by atoms with Crippen molar-refractivity contribution in [3.8, 4) is 11.1 Å². The Labute approximate surface area is 135 Å². The average Bonchev–Trinajstić information content (AvgIpc) is 2.95. The molecule has 4 N–H and O–H groups in total. The van der Waals surface area contributed by atoms with Gasteiger partial charge in [-0.15, -0.1) is 0 Å². The monoisotopic (exact) mass is 307 g/mol. The van der Waals surface area contributed by atoms with Crippen LogP contribution in [0.2, 0.25) is 0 Å². The third kappa shape index (κ3) is 2.90. The van der Waals surface area contributed by atoms with Gasteiger partial charge in [0.1, 0.15) is 5.65 Å². The van der Waals surface area contributed by atoms with E-state index in [1.54, 1.807) is 6.20 Å². The highest BCUT2D eigenvalue weighted by Gasteiger charge is 2.10. The minimum absolute atomic E-state index is 0.274. The molecular formula is C18H21N5. The van der Waals surface area contributed by atoms with E-state index >= 15 is 0 Å². The fourth-order valence-electron chi connectivity index (χ4n) is 2.70. The number of aromatic nitrogens is 3. The van der Waals surface area contributed by atoms with Crippen molar-refractivity contribution in [3.63, 3.8) is 0 Å². The molecule has 0 bridgehead atoms. The molecule has 0 saturated carbocycles. The lowest BCUT2D eigenvalue weighted by molar-refractivity contribution is 0.824. The van der Waals surface area contributed by atoms with Crippen molar-refractivity contribution in [2.45, 2.75) is 20.3 Å². The molecule has 3 aromatic rings. The van der Waals surface area contributed by atoms with Gasteiger partial charge in [-0.1, -0.05) is 31.7 Å². The number of fused-ring (bicyclic) bond motifs is 1. The van der Waals surface area contributed by atoms with Crippen LogP contribution in [-0.2, 0) is 0 Å². The number of hydrogen-bond acceptors (Lipinski definition) is 4. The van der Waals surface area contributed by atoms with Crippen LogP contribution in [0.25, 0.3) is 27.9 Å². The molecule has 0 aliphatic heterocycles. The lowest BCUT2D eigenvalue weighted by atomic mass is 9.99. The Morgan fingerprint density at radius 1 is 1.39 bits per heavy atom. The first-order valence-corrected chi connectivity index (χ1v) is 7.74. The summed E-state index contributed by atoms with van der Waals surface area (Å²) in [7, 11) is 0. The highest BCUT2D eigenvalue weighted by Crippen LogP contribution is 2.30. The van der Waals surface area contributed by atoms with Crippen LogP contribution in [0.1, 0.15) is 24.5 Å². The molecule has 0 aliphatic carbocycles. The number of nitrogens with two attached hydrogens (primary N) is 1. The van der Waals surface area contributed by atoms with Gasteiger partial charge in [0, 0.05) is 35.6 Å². The first kappa shape index (κ1) is 15.1. The van der Waals surface area contributed by atoms with Crippen molar-refractivity contribution >= 4 is 22.7 Å². The van der Waals surface area contributed by atoms with Crippen molar-refractivity contribution in [1.29, 1.82) is 0 Å². The molecule has 0 radical (unpaired) electrons. The summed E-state index contributed by atoms with van der Waals surface area (Å²) in [5.74, 6) is 0.274. The first-order valence-electron chi connectivity index (χ1n) is 7.74. The Bertz CT molecular complexity index is 863. The third-order valence-electron chi connectivity index (χ3n) is 3.90. The van der Waals surface area contributed by atoms with Gasteiger partial charge in [-0.25, -0.2) is 4.98 Å². The molecule has 0 unspecified atom stereocenters. The van der Waals surface area contributed by atoms with E-state index in [9.17, 15) is 0 Å². The second-order valence-electron chi connectivity index (χ2n) is 5.63. The Balaban J connectivity index is 1.97. The second kappa shape index (κ2) is 6.12.